The standard InChI is InChI=1S/C29H39N3O/c1-20(2)18-32(21(3)22-8-5-4-6-9-22)29(33)24-11-12-26-23(16-24)13-15-31-19-25-10-7-14-30-27(25)17-28(26)31/h4-6,8-9,11-12,16,20-21,25,27-28,30H,7,10,13-15,17-19H2,1-3H3/t21-,25-,27+,28+/m1/s1. The third kappa shape index (κ3) is 4.61. The molecule has 3 aliphatic heterocycles. The maximum atomic E-state index is 13.8. The molecule has 0 aromatic heterocycles. The molecule has 3 aliphatic rings. The second-order valence-electron chi connectivity index (χ2n) is 10.8. The maximum Gasteiger partial charge on any atom is 0.254 e. The number of carbonyl (C=O) groups excluding carboxylic acids is 1. The van der Waals surface area contributed by atoms with Gasteiger partial charge in [-0.2, -0.15) is 0 Å². The SMILES string of the molecule is CC(C)CN(C(=O)c1ccc2c(c1)CCN1C[C@H]3CCCN[C@H]3C[C@@H]21)[C@H](C)c1ccccc1. The molecule has 4 atom stereocenters. The molecule has 176 valence electrons. The van der Waals surface area contributed by atoms with E-state index in [0.29, 0.717) is 18.0 Å². The Morgan fingerprint density at radius 1 is 1.15 bits per heavy atom. The summed E-state index contributed by atoms with van der Waals surface area (Å²) in [6, 6.07) is 18.2. The summed E-state index contributed by atoms with van der Waals surface area (Å²) in [4.78, 5) is 18.5. The summed E-state index contributed by atoms with van der Waals surface area (Å²) >= 11 is 0. The highest BCUT2D eigenvalue weighted by molar-refractivity contribution is 5.95. The monoisotopic (exact) mass is 445 g/mol. The van der Waals surface area contributed by atoms with Crippen LogP contribution in [0.15, 0.2) is 48.5 Å². The number of amides is 1. The summed E-state index contributed by atoms with van der Waals surface area (Å²) in [5.74, 6) is 1.38. The van der Waals surface area contributed by atoms with E-state index in [9.17, 15) is 4.79 Å². The smallest absolute Gasteiger partial charge is 0.254 e. The number of piperidine rings is 2. The Kier molecular flexibility index (Phi) is 6.58. The Morgan fingerprint density at radius 2 is 1.97 bits per heavy atom. The molecule has 0 unspecified atom stereocenters. The van der Waals surface area contributed by atoms with Gasteiger partial charge in [0.25, 0.3) is 5.91 Å². The van der Waals surface area contributed by atoms with Crippen molar-refractivity contribution in [2.45, 2.75) is 64.6 Å². The Hall–Kier alpha value is -2.17. The second kappa shape index (κ2) is 9.60. The maximum absolute atomic E-state index is 13.8. The van der Waals surface area contributed by atoms with E-state index < -0.39 is 0 Å². The molecule has 0 radical (unpaired) electrons. The number of hydrogen-bond donors (Lipinski definition) is 1. The molecule has 2 saturated heterocycles. The number of fused-ring (bicyclic) bond motifs is 4. The van der Waals surface area contributed by atoms with Crippen LogP contribution < -0.4 is 5.32 Å². The lowest BCUT2D eigenvalue weighted by molar-refractivity contribution is 0.0550. The van der Waals surface area contributed by atoms with Crippen LogP contribution in [-0.2, 0) is 6.42 Å². The van der Waals surface area contributed by atoms with Crippen LogP contribution in [0.5, 0.6) is 0 Å². The van der Waals surface area contributed by atoms with Crippen LogP contribution in [0.25, 0.3) is 0 Å². The van der Waals surface area contributed by atoms with Gasteiger partial charge in [-0.25, -0.2) is 0 Å². The van der Waals surface area contributed by atoms with Gasteiger partial charge < -0.3 is 10.2 Å². The van der Waals surface area contributed by atoms with Crippen LogP contribution in [0.2, 0.25) is 0 Å². The van der Waals surface area contributed by atoms with Crippen LogP contribution in [0.1, 0.15) is 79.2 Å². The molecule has 2 fully saturated rings. The Bertz CT molecular complexity index is 972. The largest absolute Gasteiger partial charge is 0.332 e. The molecule has 5 rings (SSSR count). The van der Waals surface area contributed by atoms with Gasteiger partial charge in [-0.15, -0.1) is 0 Å². The van der Waals surface area contributed by atoms with Crippen molar-refractivity contribution in [1.82, 2.24) is 15.1 Å². The van der Waals surface area contributed by atoms with Gasteiger partial charge in [0, 0.05) is 37.3 Å². The van der Waals surface area contributed by atoms with Crippen LogP contribution >= 0.6 is 0 Å². The van der Waals surface area contributed by atoms with Crippen molar-refractivity contribution in [3.8, 4) is 0 Å². The van der Waals surface area contributed by atoms with Gasteiger partial charge in [-0.1, -0.05) is 50.2 Å². The molecule has 1 N–H and O–H groups in total. The van der Waals surface area contributed by atoms with E-state index in [4.69, 9.17) is 0 Å². The van der Waals surface area contributed by atoms with Crippen molar-refractivity contribution >= 4 is 5.91 Å². The van der Waals surface area contributed by atoms with Gasteiger partial charge in [-0.3, -0.25) is 9.69 Å². The lowest BCUT2D eigenvalue weighted by atomic mass is 9.77. The number of hydrogen-bond acceptors (Lipinski definition) is 3. The zero-order valence-electron chi connectivity index (χ0n) is 20.5. The minimum absolute atomic E-state index is 0.0558. The highest BCUT2D eigenvalue weighted by Gasteiger charge is 2.39. The van der Waals surface area contributed by atoms with Crippen molar-refractivity contribution in [3.63, 3.8) is 0 Å². The molecule has 4 heteroatoms. The van der Waals surface area contributed by atoms with Gasteiger partial charge in [0.1, 0.15) is 0 Å². The first-order chi connectivity index (χ1) is 16.0. The van der Waals surface area contributed by atoms with Crippen molar-refractivity contribution < 1.29 is 4.79 Å². The van der Waals surface area contributed by atoms with E-state index in [2.05, 4.69) is 78.4 Å². The van der Waals surface area contributed by atoms with E-state index in [1.807, 2.05) is 6.07 Å². The molecule has 4 nitrogen and oxygen atoms in total. The fraction of sp³-hybridized carbons (Fsp3) is 0.552. The Labute approximate surface area is 199 Å². The van der Waals surface area contributed by atoms with E-state index in [1.165, 1.54) is 49.0 Å². The molecule has 2 aromatic carbocycles. The molecule has 2 aromatic rings. The summed E-state index contributed by atoms with van der Waals surface area (Å²) in [7, 11) is 0. The second-order valence-corrected chi connectivity index (χ2v) is 10.8. The average Bonchev–Trinajstić information content (AvgIpc) is 2.85. The molecule has 0 spiro atoms. The summed E-state index contributed by atoms with van der Waals surface area (Å²) in [5.41, 5.74) is 4.87. The zero-order chi connectivity index (χ0) is 22.9. The minimum Gasteiger partial charge on any atom is -0.332 e. The first-order valence-corrected chi connectivity index (χ1v) is 13.0. The summed E-state index contributed by atoms with van der Waals surface area (Å²) in [6.07, 6.45) is 4.94. The van der Waals surface area contributed by atoms with Crippen LogP contribution in [0, 0.1) is 11.8 Å². The molecule has 3 heterocycles. The lowest BCUT2D eigenvalue weighted by Crippen LogP contribution is -2.54. The number of nitrogens with zero attached hydrogens (tertiary/aromatic N) is 2. The van der Waals surface area contributed by atoms with E-state index in [-0.39, 0.29) is 11.9 Å². The quantitative estimate of drug-likeness (QED) is 0.686. The fourth-order valence-electron chi connectivity index (χ4n) is 6.33. The first kappa shape index (κ1) is 22.6. The predicted octanol–water partition coefficient (Wildman–Crippen LogP) is 5.22. The molecule has 0 bridgehead atoms. The highest BCUT2D eigenvalue weighted by atomic mass is 16.2. The summed E-state index contributed by atoms with van der Waals surface area (Å²) in [6.45, 7) is 10.8. The van der Waals surface area contributed by atoms with E-state index in [0.717, 1.165) is 31.0 Å². The first-order valence-electron chi connectivity index (χ1n) is 13.0. The Balaban J connectivity index is 1.39. The van der Waals surface area contributed by atoms with E-state index in [1.54, 1.807) is 0 Å². The van der Waals surface area contributed by atoms with Crippen LogP contribution in [0.4, 0.5) is 0 Å². The summed E-state index contributed by atoms with van der Waals surface area (Å²) in [5, 5.41) is 3.79. The fourth-order valence-corrected chi connectivity index (χ4v) is 6.33. The van der Waals surface area contributed by atoms with Gasteiger partial charge in [-0.05, 0) is 79.8 Å². The normalized spacial score (nSPS) is 25.6. The Morgan fingerprint density at radius 3 is 2.76 bits per heavy atom. The number of nitrogens with one attached hydrogen (secondary N) is 1. The number of carbonyl (C=O) groups is 1. The highest BCUT2D eigenvalue weighted by Crippen LogP contribution is 2.41. The van der Waals surface area contributed by atoms with Gasteiger partial charge in [0.2, 0.25) is 0 Å². The van der Waals surface area contributed by atoms with Crippen LogP contribution in [0.3, 0.4) is 0 Å². The van der Waals surface area contributed by atoms with Crippen molar-refractivity contribution in [2.24, 2.45) is 11.8 Å². The third-order valence-electron chi connectivity index (χ3n) is 8.10. The molecular weight excluding hydrogens is 406 g/mol. The summed E-state index contributed by atoms with van der Waals surface area (Å²) < 4.78 is 0. The zero-order valence-corrected chi connectivity index (χ0v) is 20.5. The van der Waals surface area contributed by atoms with Crippen molar-refractivity contribution in [2.75, 3.05) is 26.2 Å². The number of rotatable bonds is 5. The predicted molar refractivity (Wildman–Crippen MR) is 134 cm³/mol. The molecule has 0 saturated carbocycles. The molecule has 33 heavy (non-hydrogen) atoms. The van der Waals surface area contributed by atoms with Crippen molar-refractivity contribution in [1.29, 1.82) is 0 Å². The topological polar surface area (TPSA) is 35.6 Å². The number of benzene rings is 2. The lowest BCUT2D eigenvalue weighted by Gasteiger charge is -2.49. The minimum atomic E-state index is 0.0558. The molecule has 0 aliphatic carbocycles. The van der Waals surface area contributed by atoms with Crippen LogP contribution in [-0.4, -0.2) is 47.9 Å². The van der Waals surface area contributed by atoms with E-state index >= 15 is 0 Å². The van der Waals surface area contributed by atoms with Crippen molar-refractivity contribution in [3.05, 3.63) is 70.8 Å². The third-order valence-corrected chi connectivity index (χ3v) is 8.10. The molecule has 1 amide bonds. The van der Waals surface area contributed by atoms with Gasteiger partial charge >= 0.3 is 0 Å². The van der Waals surface area contributed by atoms with Gasteiger partial charge in [0.15, 0.2) is 0 Å². The average molecular weight is 446 g/mol. The molecular formula is C29H39N3O. The van der Waals surface area contributed by atoms with Gasteiger partial charge in [0.05, 0.1) is 6.04 Å².